The van der Waals surface area contributed by atoms with E-state index in [0.29, 0.717) is 17.9 Å². The summed E-state index contributed by atoms with van der Waals surface area (Å²) in [6.07, 6.45) is 1.70. The van der Waals surface area contributed by atoms with Crippen molar-refractivity contribution < 1.29 is 4.79 Å². The maximum atomic E-state index is 12.3. The molecule has 0 aromatic carbocycles. The summed E-state index contributed by atoms with van der Waals surface area (Å²) in [5, 5.41) is 0. The van der Waals surface area contributed by atoms with Crippen molar-refractivity contribution in [3.63, 3.8) is 0 Å². The third-order valence-electron chi connectivity index (χ3n) is 3.06. The van der Waals surface area contributed by atoms with Gasteiger partial charge in [-0.2, -0.15) is 0 Å². The Balaban J connectivity index is 2.21. The first kappa shape index (κ1) is 14.0. The van der Waals surface area contributed by atoms with Gasteiger partial charge in [-0.05, 0) is 25.5 Å². The Kier molecular flexibility index (Phi) is 3.98. The predicted molar refractivity (Wildman–Crippen MR) is 76.6 cm³/mol. The van der Waals surface area contributed by atoms with Crippen molar-refractivity contribution in [3.05, 3.63) is 63.3 Å². The van der Waals surface area contributed by atoms with Gasteiger partial charge >= 0.3 is 0 Å². The largest absolute Gasteiger partial charge is 0.354 e. The highest BCUT2D eigenvalue weighted by atomic mass is 16.2. The van der Waals surface area contributed by atoms with Gasteiger partial charge in [-0.15, -0.1) is 0 Å². The lowest BCUT2D eigenvalue weighted by molar-refractivity contribution is 0.0777. The molecule has 104 valence electrons. The molecule has 5 nitrogen and oxygen atoms in total. The number of amides is 1. The van der Waals surface area contributed by atoms with Crippen LogP contribution in [0.25, 0.3) is 0 Å². The molecular weight excluding hydrogens is 254 g/mol. The molecule has 0 saturated heterocycles. The van der Waals surface area contributed by atoms with Gasteiger partial charge in [0.2, 0.25) is 0 Å². The summed E-state index contributed by atoms with van der Waals surface area (Å²) in [6, 6.07) is 6.59. The number of carbonyl (C=O) groups excluding carboxylic acids is 1. The molecule has 0 fully saturated rings. The van der Waals surface area contributed by atoms with Gasteiger partial charge in [-0.1, -0.05) is 6.07 Å². The second-order valence-corrected chi connectivity index (χ2v) is 4.84. The first-order chi connectivity index (χ1) is 9.47. The van der Waals surface area contributed by atoms with Gasteiger partial charge in [0.05, 0.1) is 12.2 Å². The Labute approximate surface area is 117 Å². The van der Waals surface area contributed by atoms with E-state index in [4.69, 9.17) is 0 Å². The lowest BCUT2D eigenvalue weighted by Gasteiger charge is -2.17. The number of aromatic nitrogens is 2. The lowest BCUT2D eigenvalue weighted by Crippen LogP contribution is -2.28. The summed E-state index contributed by atoms with van der Waals surface area (Å²) in [4.78, 5) is 32.5. The molecule has 2 heterocycles. The molecule has 5 heteroatoms. The van der Waals surface area contributed by atoms with Crippen molar-refractivity contribution in [2.24, 2.45) is 0 Å². The Hall–Kier alpha value is -2.43. The standard InChI is InChI=1S/C15H17N3O2/c1-10-5-4-6-16-14(10)9-18(3)15(20)13-8-12(19)7-11(2)17-13/h4-8H,9H2,1-3H3,(H,17,19). The third kappa shape index (κ3) is 3.12. The van der Waals surface area contributed by atoms with Gasteiger partial charge in [0.15, 0.2) is 5.43 Å². The van der Waals surface area contributed by atoms with Gasteiger partial charge in [-0.25, -0.2) is 0 Å². The Morgan fingerprint density at radius 3 is 2.75 bits per heavy atom. The van der Waals surface area contributed by atoms with Gasteiger partial charge < -0.3 is 9.88 Å². The second-order valence-electron chi connectivity index (χ2n) is 4.84. The van der Waals surface area contributed by atoms with E-state index >= 15 is 0 Å². The first-order valence-corrected chi connectivity index (χ1v) is 6.34. The fourth-order valence-corrected chi connectivity index (χ4v) is 1.98. The molecule has 1 amide bonds. The van der Waals surface area contributed by atoms with E-state index < -0.39 is 0 Å². The van der Waals surface area contributed by atoms with Gasteiger partial charge in [-0.3, -0.25) is 14.6 Å². The Morgan fingerprint density at radius 2 is 2.10 bits per heavy atom. The van der Waals surface area contributed by atoms with Gasteiger partial charge in [0.1, 0.15) is 5.69 Å². The molecule has 2 aromatic heterocycles. The molecule has 0 aliphatic rings. The number of hydrogen-bond donors (Lipinski definition) is 1. The smallest absolute Gasteiger partial charge is 0.270 e. The maximum absolute atomic E-state index is 12.3. The minimum Gasteiger partial charge on any atom is -0.354 e. The second kappa shape index (κ2) is 5.69. The number of aromatic amines is 1. The van der Waals surface area contributed by atoms with Crippen LogP contribution in [0.3, 0.4) is 0 Å². The molecule has 0 aliphatic carbocycles. The van der Waals surface area contributed by atoms with Gasteiger partial charge in [0, 0.05) is 31.1 Å². The molecule has 1 N–H and O–H groups in total. The highest BCUT2D eigenvalue weighted by Gasteiger charge is 2.14. The van der Waals surface area contributed by atoms with E-state index in [1.807, 2.05) is 19.1 Å². The molecule has 0 aliphatic heterocycles. The normalized spacial score (nSPS) is 10.3. The van der Waals surface area contributed by atoms with Crippen LogP contribution < -0.4 is 5.43 Å². The summed E-state index contributed by atoms with van der Waals surface area (Å²) in [5.41, 5.74) is 2.67. The zero-order valence-electron chi connectivity index (χ0n) is 11.8. The van der Waals surface area contributed by atoms with Gasteiger partial charge in [0.25, 0.3) is 5.91 Å². The van der Waals surface area contributed by atoms with Crippen LogP contribution in [0.15, 0.2) is 35.3 Å². The van der Waals surface area contributed by atoms with Crippen molar-refractivity contribution in [1.82, 2.24) is 14.9 Å². The molecule has 20 heavy (non-hydrogen) atoms. The van der Waals surface area contributed by atoms with Crippen LogP contribution in [-0.4, -0.2) is 27.8 Å². The molecule has 2 aromatic rings. The first-order valence-electron chi connectivity index (χ1n) is 6.34. The minimum atomic E-state index is -0.226. The summed E-state index contributed by atoms with van der Waals surface area (Å²) >= 11 is 0. The summed E-state index contributed by atoms with van der Waals surface area (Å²) in [5.74, 6) is -0.226. The average molecular weight is 271 g/mol. The van der Waals surface area contributed by atoms with Crippen molar-refractivity contribution in [2.75, 3.05) is 7.05 Å². The van der Waals surface area contributed by atoms with E-state index in [-0.39, 0.29) is 11.3 Å². The SMILES string of the molecule is Cc1cc(=O)cc(C(=O)N(C)Cc2ncccc2C)[nH]1. The monoisotopic (exact) mass is 271 g/mol. The van der Waals surface area contributed by atoms with E-state index in [1.54, 1.807) is 25.1 Å². The molecule has 0 bridgehead atoms. The number of nitrogens with zero attached hydrogens (tertiary/aromatic N) is 2. The van der Waals surface area contributed by atoms with Crippen LogP contribution in [0.4, 0.5) is 0 Å². The van der Waals surface area contributed by atoms with Crippen molar-refractivity contribution in [1.29, 1.82) is 0 Å². The quantitative estimate of drug-likeness (QED) is 0.923. The average Bonchev–Trinajstić information content (AvgIpc) is 2.39. The molecule has 0 spiro atoms. The molecule has 0 unspecified atom stereocenters. The zero-order chi connectivity index (χ0) is 14.7. The number of carbonyl (C=O) groups is 1. The number of pyridine rings is 2. The fraction of sp³-hybridized carbons (Fsp3) is 0.267. The van der Waals surface area contributed by atoms with E-state index in [9.17, 15) is 9.59 Å². The van der Waals surface area contributed by atoms with Crippen LogP contribution >= 0.6 is 0 Å². The number of H-pyrrole nitrogens is 1. The van der Waals surface area contributed by atoms with Crippen molar-refractivity contribution in [2.45, 2.75) is 20.4 Å². The zero-order valence-corrected chi connectivity index (χ0v) is 11.8. The third-order valence-corrected chi connectivity index (χ3v) is 3.06. The lowest BCUT2D eigenvalue weighted by atomic mass is 10.2. The summed E-state index contributed by atoms with van der Waals surface area (Å²) < 4.78 is 0. The van der Waals surface area contributed by atoms with Crippen LogP contribution in [-0.2, 0) is 6.54 Å². The number of hydrogen-bond acceptors (Lipinski definition) is 3. The molecule has 0 atom stereocenters. The van der Waals surface area contributed by atoms with E-state index in [0.717, 1.165) is 11.3 Å². The number of aryl methyl sites for hydroxylation is 2. The molecular formula is C15H17N3O2. The maximum Gasteiger partial charge on any atom is 0.270 e. The van der Waals surface area contributed by atoms with Crippen LogP contribution in [0.5, 0.6) is 0 Å². The number of rotatable bonds is 3. The van der Waals surface area contributed by atoms with Crippen molar-refractivity contribution >= 4 is 5.91 Å². The molecule has 2 rings (SSSR count). The van der Waals surface area contributed by atoms with E-state index in [2.05, 4.69) is 9.97 Å². The minimum absolute atomic E-state index is 0.174. The molecule has 0 saturated carbocycles. The number of nitrogens with one attached hydrogen (secondary N) is 1. The van der Waals surface area contributed by atoms with Crippen molar-refractivity contribution in [3.8, 4) is 0 Å². The fourth-order valence-electron chi connectivity index (χ4n) is 1.98. The predicted octanol–water partition coefficient (Wildman–Crippen LogP) is 1.66. The van der Waals surface area contributed by atoms with Crippen LogP contribution in [0.2, 0.25) is 0 Å². The van der Waals surface area contributed by atoms with Crippen LogP contribution in [0, 0.1) is 13.8 Å². The highest BCUT2D eigenvalue weighted by molar-refractivity contribution is 5.92. The summed E-state index contributed by atoms with van der Waals surface area (Å²) in [7, 11) is 1.69. The summed E-state index contributed by atoms with van der Waals surface area (Å²) in [6.45, 7) is 4.11. The highest BCUT2D eigenvalue weighted by Crippen LogP contribution is 2.08. The molecule has 0 radical (unpaired) electrons. The van der Waals surface area contributed by atoms with E-state index in [1.165, 1.54) is 12.1 Å². The van der Waals surface area contributed by atoms with Crippen LogP contribution in [0.1, 0.15) is 27.4 Å². The Morgan fingerprint density at radius 1 is 1.35 bits per heavy atom. The Bertz CT molecular complexity index is 692. The topological polar surface area (TPSA) is 66.1 Å².